The highest BCUT2D eigenvalue weighted by atomic mass is 35.5. The van der Waals surface area contributed by atoms with Crippen molar-refractivity contribution in [3.05, 3.63) is 112 Å². The zero-order chi connectivity index (χ0) is 39.2. The van der Waals surface area contributed by atoms with Crippen LogP contribution in [-0.2, 0) is 47.5 Å². The van der Waals surface area contributed by atoms with Crippen LogP contribution in [0.4, 0.5) is 5.69 Å². The van der Waals surface area contributed by atoms with Crippen molar-refractivity contribution < 1.29 is 27.2 Å². The number of aryl methyl sites for hydroxylation is 1. The lowest BCUT2D eigenvalue weighted by molar-refractivity contribution is 0.253. The van der Waals surface area contributed by atoms with Gasteiger partial charge in [0.15, 0.2) is 0 Å². The van der Waals surface area contributed by atoms with Gasteiger partial charge in [-0.3, -0.25) is 0 Å². The minimum atomic E-state index is -4.03. The molecule has 0 aromatic heterocycles. The van der Waals surface area contributed by atoms with Gasteiger partial charge < -0.3 is 23.7 Å². The third kappa shape index (κ3) is 10.4. The van der Waals surface area contributed by atoms with Crippen molar-refractivity contribution in [1.29, 1.82) is 0 Å². The SMILES string of the molecule is COc1ccc(CN(Cc2ccc(OC)cc2)S(=O)(=O)c2ccc3c(c2)N(C[C@@H]2CC[C@H]2C=N[S+]([O-])C(C)(C)C)CCCCc2cc(Cl)ccc2CO3)cc1. The summed E-state index contributed by atoms with van der Waals surface area (Å²) in [6.45, 7) is 7.84. The molecule has 2 aliphatic rings. The Balaban J connectivity index is 1.36. The average molecular weight is 806 g/mol. The van der Waals surface area contributed by atoms with Gasteiger partial charge in [-0.1, -0.05) is 46.3 Å². The minimum absolute atomic E-state index is 0.161. The molecule has 6 rings (SSSR count). The summed E-state index contributed by atoms with van der Waals surface area (Å²) in [4.78, 5) is 2.48. The van der Waals surface area contributed by atoms with Crippen LogP contribution in [0.2, 0.25) is 5.02 Å². The quantitative estimate of drug-likeness (QED) is 0.104. The fourth-order valence-corrected chi connectivity index (χ4v) is 9.13. The molecule has 9 nitrogen and oxygen atoms in total. The second kappa shape index (κ2) is 18.0. The first-order chi connectivity index (χ1) is 26.3. The molecule has 1 aliphatic carbocycles. The molecule has 1 fully saturated rings. The van der Waals surface area contributed by atoms with Gasteiger partial charge in [0, 0.05) is 37.1 Å². The number of benzene rings is 4. The van der Waals surface area contributed by atoms with Gasteiger partial charge in [0.2, 0.25) is 10.0 Å². The molecule has 0 radical (unpaired) electrons. The van der Waals surface area contributed by atoms with Gasteiger partial charge in [-0.2, -0.15) is 4.31 Å². The molecule has 0 saturated heterocycles. The van der Waals surface area contributed by atoms with E-state index in [-0.39, 0.29) is 29.8 Å². The van der Waals surface area contributed by atoms with Crippen molar-refractivity contribution in [3.8, 4) is 17.2 Å². The van der Waals surface area contributed by atoms with Crippen LogP contribution in [0, 0.1) is 11.8 Å². The molecule has 1 unspecified atom stereocenters. The van der Waals surface area contributed by atoms with E-state index < -0.39 is 26.1 Å². The summed E-state index contributed by atoms with van der Waals surface area (Å²) < 4.78 is 65.3. The van der Waals surface area contributed by atoms with Gasteiger partial charge in [-0.05, 0) is 136 Å². The first kappa shape index (κ1) is 40.9. The highest BCUT2D eigenvalue weighted by Gasteiger charge is 2.35. The molecule has 0 amide bonds. The molecule has 1 saturated carbocycles. The summed E-state index contributed by atoms with van der Waals surface area (Å²) in [5.74, 6) is 2.49. The molecule has 4 aromatic rings. The van der Waals surface area contributed by atoms with Crippen LogP contribution in [0.25, 0.3) is 0 Å². The van der Waals surface area contributed by atoms with Crippen LogP contribution in [0.3, 0.4) is 0 Å². The number of nitrogens with zero attached hydrogens (tertiary/aromatic N) is 3. The molecule has 1 aliphatic heterocycles. The summed E-state index contributed by atoms with van der Waals surface area (Å²) in [7, 11) is -0.812. The predicted octanol–water partition coefficient (Wildman–Crippen LogP) is 9.03. The van der Waals surface area contributed by atoms with E-state index in [0.717, 1.165) is 60.0 Å². The maximum absolute atomic E-state index is 14.8. The number of hydrogen-bond acceptors (Lipinski definition) is 8. The van der Waals surface area contributed by atoms with Crippen LogP contribution < -0.4 is 19.1 Å². The van der Waals surface area contributed by atoms with Gasteiger partial charge in [-0.15, -0.1) is 0 Å². The van der Waals surface area contributed by atoms with Crippen LogP contribution in [-0.4, -0.2) is 55.5 Å². The lowest BCUT2D eigenvalue weighted by Gasteiger charge is -2.39. The molecule has 0 bridgehead atoms. The van der Waals surface area contributed by atoms with E-state index in [0.29, 0.717) is 42.0 Å². The van der Waals surface area contributed by atoms with Crippen molar-refractivity contribution in [3.63, 3.8) is 0 Å². The van der Waals surface area contributed by atoms with Gasteiger partial charge >= 0.3 is 0 Å². The van der Waals surface area contributed by atoms with Gasteiger partial charge in [0.25, 0.3) is 0 Å². The number of ether oxygens (including phenoxy) is 3. The molecule has 0 spiro atoms. The second-order valence-corrected chi connectivity index (χ2v) is 19.6. The molecular weight excluding hydrogens is 754 g/mol. The lowest BCUT2D eigenvalue weighted by atomic mass is 9.74. The number of anilines is 1. The number of rotatable bonds is 12. The normalized spacial score (nSPS) is 18.4. The van der Waals surface area contributed by atoms with Gasteiger partial charge in [0.1, 0.15) is 40.0 Å². The molecule has 55 heavy (non-hydrogen) atoms. The Labute approximate surface area is 335 Å². The Kier molecular flexibility index (Phi) is 13.4. The van der Waals surface area contributed by atoms with E-state index in [9.17, 15) is 13.0 Å². The Morgan fingerprint density at radius 3 is 2.15 bits per heavy atom. The first-order valence-electron chi connectivity index (χ1n) is 18.9. The molecule has 12 heteroatoms. The predicted molar refractivity (Wildman–Crippen MR) is 222 cm³/mol. The van der Waals surface area contributed by atoms with Gasteiger partial charge in [-0.25, -0.2) is 8.42 Å². The van der Waals surface area contributed by atoms with E-state index >= 15 is 0 Å². The van der Waals surface area contributed by atoms with Crippen LogP contribution in [0.15, 0.2) is 94.2 Å². The van der Waals surface area contributed by atoms with Crippen molar-refractivity contribution in [2.45, 2.75) is 82.2 Å². The van der Waals surface area contributed by atoms with Gasteiger partial charge in [0.05, 0.1) is 31.0 Å². The topological polar surface area (TPSA) is 104 Å². The number of methoxy groups -OCH3 is 2. The molecule has 0 N–H and O–H groups in total. The zero-order valence-corrected chi connectivity index (χ0v) is 34.8. The average Bonchev–Trinajstić information content (AvgIpc) is 3.19. The number of fused-ring (bicyclic) bond motifs is 2. The number of halogens is 1. The molecule has 1 heterocycles. The van der Waals surface area contributed by atoms with E-state index in [1.54, 1.807) is 32.4 Å². The summed E-state index contributed by atoms with van der Waals surface area (Å²) in [5.41, 5.74) is 4.64. The Morgan fingerprint density at radius 1 is 0.909 bits per heavy atom. The van der Waals surface area contributed by atoms with E-state index in [4.69, 9.17) is 25.8 Å². The Hall–Kier alpha value is -3.74. The maximum atomic E-state index is 14.8. The maximum Gasteiger partial charge on any atom is 0.243 e. The second-order valence-electron chi connectivity index (χ2n) is 15.3. The summed E-state index contributed by atoms with van der Waals surface area (Å²) >= 11 is 5.08. The van der Waals surface area contributed by atoms with Crippen LogP contribution in [0.5, 0.6) is 17.2 Å². The largest absolute Gasteiger partial charge is 0.591 e. The lowest BCUT2D eigenvalue weighted by Crippen LogP contribution is -2.40. The number of sulfonamides is 1. The van der Waals surface area contributed by atoms with E-state index in [1.165, 1.54) is 4.31 Å². The van der Waals surface area contributed by atoms with E-state index in [2.05, 4.69) is 9.30 Å². The minimum Gasteiger partial charge on any atom is -0.591 e. The summed E-state index contributed by atoms with van der Waals surface area (Å²) in [5, 5.41) is 0.699. The van der Waals surface area contributed by atoms with Crippen LogP contribution >= 0.6 is 11.6 Å². The summed E-state index contributed by atoms with van der Waals surface area (Å²) in [6.07, 6.45) is 6.56. The first-order valence-corrected chi connectivity index (χ1v) is 21.8. The van der Waals surface area contributed by atoms with Crippen molar-refractivity contribution in [1.82, 2.24) is 4.31 Å². The highest BCUT2D eigenvalue weighted by molar-refractivity contribution is 7.91. The Bertz CT molecular complexity index is 1990. The molecule has 3 atom stereocenters. The fourth-order valence-electron chi connectivity index (χ4n) is 6.92. The zero-order valence-electron chi connectivity index (χ0n) is 32.4. The smallest absolute Gasteiger partial charge is 0.243 e. The summed E-state index contributed by atoms with van der Waals surface area (Å²) in [6, 6.07) is 26.1. The number of hydrogen-bond donors (Lipinski definition) is 0. The van der Waals surface area contributed by atoms with Crippen LogP contribution in [0.1, 0.15) is 68.7 Å². The monoisotopic (exact) mass is 805 g/mol. The third-order valence-corrected chi connectivity index (χ3v) is 13.8. The van der Waals surface area contributed by atoms with Crippen molar-refractivity contribution >= 4 is 44.9 Å². The standard InChI is InChI=1S/C43H52ClN3O6S2/c1-43(2,3)54(48)45-26-34-13-14-35(34)29-46-23-7-6-8-33-24-37(44)16-15-36(33)30-53-42-22-21-40(25-41(42)46)55(49,50)47(27-31-9-17-38(51-4)18-10-31)28-32-11-19-39(52-5)20-12-32/h9-12,15-22,24-26,34-35H,6-8,13-14,23,27-30H2,1-5H3/t34-,35-,54?/m0/s1. The van der Waals surface area contributed by atoms with Crippen molar-refractivity contribution in [2.24, 2.45) is 16.2 Å². The third-order valence-electron chi connectivity index (χ3n) is 10.4. The van der Waals surface area contributed by atoms with Crippen molar-refractivity contribution in [2.75, 3.05) is 32.2 Å². The Morgan fingerprint density at radius 2 is 1.56 bits per heavy atom. The molecular formula is C43H52ClN3O6S2. The molecule has 4 aromatic carbocycles. The highest BCUT2D eigenvalue weighted by Crippen LogP contribution is 2.40. The molecule has 294 valence electrons. The van der Waals surface area contributed by atoms with E-state index in [1.807, 2.05) is 93.7 Å². The fraction of sp³-hybridized carbons (Fsp3) is 0.419.